The molecule has 4 nitrogen and oxygen atoms in total. The number of benzene rings is 2. The van der Waals surface area contributed by atoms with Gasteiger partial charge < -0.3 is 20.6 Å². The predicted molar refractivity (Wildman–Crippen MR) is 87.1 cm³/mol. The summed E-state index contributed by atoms with van der Waals surface area (Å²) < 4.78 is 0. The minimum absolute atomic E-state index is 0.163. The van der Waals surface area contributed by atoms with Gasteiger partial charge in [0.05, 0.1) is 6.10 Å². The molecule has 0 heterocycles. The molecule has 0 bridgehead atoms. The summed E-state index contributed by atoms with van der Waals surface area (Å²) in [5.74, 6) is -0.329. The predicted octanol–water partition coefficient (Wildman–Crippen LogP) is 2.66. The van der Waals surface area contributed by atoms with Crippen LogP contribution in [0.2, 0.25) is 0 Å². The van der Waals surface area contributed by atoms with E-state index in [4.69, 9.17) is 0 Å². The fourth-order valence-corrected chi connectivity index (χ4v) is 2.47. The largest absolute Gasteiger partial charge is 0.504 e. The molecule has 0 amide bonds. The number of nitrogens with one attached hydrogen (secondary N) is 1. The van der Waals surface area contributed by atoms with Crippen LogP contribution in [0.4, 0.5) is 0 Å². The number of aliphatic hydroxyl groups excluding tert-OH is 1. The van der Waals surface area contributed by atoms with Crippen molar-refractivity contribution in [1.82, 2.24) is 5.32 Å². The molecule has 1 unspecified atom stereocenters. The van der Waals surface area contributed by atoms with Crippen LogP contribution >= 0.6 is 0 Å². The van der Waals surface area contributed by atoms with Gasteiger partial charge in [0, 0.05) is 12.1 Å². The van der Waals surface area contributed by atoms with Gasteiger partial charge >= 0.3 is 0 Å². The van der Waals surface area contributed by atoms with Gasteiger partial charge in [0.1, 0.15) is 0 Å². The number of aliphatic hydroxyl groups is 1. The van der Waals surface area contributed by atoms with E-state index in [0.717, 1.165) is 19.4 Å². The van der Waals surface area contributed by atoms with E-state index < -0.39 is 6.10 Å². The molecule has 0 saturated carbocycles. The molecule has 0 aliphatic rings. The zero-order valence-electron chi connectivity index (χ0n) is 12.8. The molecule has 4 heteroatoms. The molecule has 118 valence electrons. The Morgan fingerprint density at radius 1 is 1.05 bits per heavy atom. The van der Waals surface area contributed by atoms with Crippen molar-refractivity contribution in [2.24, 2.45) is 0 Å². The quantitative estimate of drug-likeness (QED) is 0.469. The minimum Gasteiger partial charge on any atom is -0.504 e. The normalized spacial score (nSPS) is 12.3. The van der Waals surface area contributed by atoms with Gasteiger partial charge in [0.15, 0.2) is 11.5 Å². The highest BCUT2D eigenvalue weighted by Crippen LogP contribution is 2.33. The van der Waals surface area contributed by atoms with Crippen LogP contribution < -0.4 is 5.32 Å². The second-order valence-electron chi connectivity index (χ2n) is 5.46. The van der Waals surface area contributed by atoms with Crippen LogP contribution in [-0.2, 0) is 6.42 Å². The van der Waals surface area contributed by atoms with Gasteiger partial charge in [-0.05, 0) is 43.5 Å². The third kappa shape index (κ3) is 4.23. The Balaban J connectivity index is 1.76. The number of hydrogen-bond acceptors (Lipinski definition) is 4. The van der Waals surface area contributed by atoms with Gasteiger partial charge in [0.25, 0.3) is 0 Å². The zero-order chi connectivity index (χ0) is 15.9. The molecule has 2 aromatic rings. The topological polar surface area (TPSA) is 72.7 Å². The lowest BCUT2D eigenvalue weighted by Crippen LogP contribution is -2.23. The van der Waals surface area contributed by atoms with E-state index in [0.29, 0.717) is 17.7 Å². The first kappa shape index (κ1) is 16.3. The molecule has 4 N–H and O–H groups in total. The van der Waals surface area contributed by atoms with Crippen molar-refractivity contribution in [3.63, 3.8) is 0 Å². The molecule has 22 heavy (non-hydrogen) atoms. The Hall–Kier alpha value is -2.04. The summed E-state index contributed by atoms with van der Waals surface area (Å²) in [5.41, 5.74) is 2.45. The lowest BCUT2D eigenvalue weighted by molar-refractivity contribution is 0.173. The molecular weight excluding hydrogens is 278 g/mol. The Labute approximate surface area is 131 Å². The summed E-state index contributed by atoms with van der Waals surface area (Å²) >= 11 is 0. The van der Waals surface area contributed by atoms with Crippen LogP contribution in [0, 0.1) is 6.92 Å². The zero-order valence-corrected chi connectivity index (χ0v) is 12.8. The molecule has 2 rings (SSSR count). The van der Waals surface area contributed by atoms with Gasteiger partial charge in [-0.2, -0.15) is 0 Å². The van der Waals surface area contributed by atoms with Gasteiger partial charge in [-0.1, -0.05) is 36.4 Å². The highest BCUT2D eigenvalue weighted by molar-refractivity contribution is 5.48. The fraction of sp³-hybridized carbons (Fsp3) is 0.333. The van der Waals surface area contributed by atoms with E-state index in [1.807, 2.05) is 18.2 Å². The van der Waals surface area contributed by atoms with Crippen LogP contribution in [0.25, 0.3) is 0 Å². The molecule has 0 aliphatic carbocycles. The third-order valence-corrected chi connectivity index (χ3v) is 3.81. The molecule has 0 saturated heterocycles. The Bertz CT molecular complexity index is 599. The Morgan fingerprint density at radius 2 is 1.77 bits per heavy atom. The minimum atomic E-state index is -0.705. The molecule has 0 radical (unpaired) electrons. The molecule has 0 spiro atoms. The standard InChI is InChI=1S/C18H23NO3/c1-13-15(9-10-16(20)18(13)22)17(21)12-19-11-5-8-14-6-3-2-4-7-14/h2-4,6-7,9-10,17,19-22H,5,8,11-12H2,1H3. The Morgan fingerprint density at radius 3 is 2.50 bits per heavy atom. The van der Waals surface area contributed by atoms with E-state index in [2.05, 4.69) is 17.4 Å². The molecule has 2 aromatic carbocycles. The number of phenols is 2. The first-order valence-corrected chi connectivity index (χ1v) is 7.53. The molecule has 0 aliphatic heterocycles. The molecule has 1 atom stereocenters. The van der Waals surface area contributed by atoms with Crippen molar-refractivity contribution in [2.75, 3.05) is 13.1 Å². The molecular formula is C18H23NO3. The average Bonchev–Trinajstić information content (AvgIpc) is 2.53. The maximum absolute atomic E-state index is 10.2. The number of hydrogen-bond donors (Lipinski definition) is 4. The lowest BCUT2D eigenvalue weighted by atomic mass is 10.0. The van der Waals surface area contributed by atoms with Gasteiger partial charge in [-0.25, -0.2) is 0 Å². The summed E-state index contributed by atoms with van der Waals surface area (Å²) in [6.07, 6.45) is 1.29. The number of aromatic hydroxyl groups is 2. The van der Waals surface area contributed by atoms with Crippen molar-refractivity contribution in [3.05, 3.63) is 59.2 Å². The molecule has 0 fully saturated rings. The van der Waals surface area contributed by atoms with E-state index in [-0.39, 0.29) is 11.5 Å². The van der Waals surface area contributed by atoms with Crippen molar-refractivity contribution in [1.29, 1.82) is 0 Å². The molecule has 0 aromatic heterocycles. The number of rotatable bonds is 7. The first-order valence-electron chi connectivity index (χ1n) is 7.53. The second-order valence-corrected chi connectivity index (χ2v) is 5.46. The van der Waals surface area contributed by atoms with Crippen LogP contribution in [0.5, 0.6) is 11.5 Å². The van der Waals surface area contributed by atoms with Crippen molar-refractivity contribution in [2.45, 2.75) is 25.9 Å². The number of phenolic OH excluding ortho intramolecular Hbond substituents is 2. The van der Waals surface area contributed by atoms with Crippen molar-refractivity contribution >= 4 is 0 Å². The van der Waals surface area contributed by atoms with E-state index in [1.165, 1.54) is 11.6 Å². The summed E-state index contributed by atoms with van der Waals surface area (Å²) in [6, 6.07) is 13.3. The Kier molecular flexibility index (Phi) is 5.81. The van der Waals surface area contributed by atoms with Crippen LogP contribution in [0.15, 0.2) is 42.5 Å². The van der Waals surface area contributed by atoms with Crippen LogP contribution in [0.3, 0.4) is 0 Å². The maximum atomic E-state index is 10.2. The SMILES string of the molecule is Cc1c(C(O)CNCCCc2ccccc2)ccc(O)c1O. The summed E-state index contributed by atoms with van der Waals surface area (Å²) in [6.45, 7) is 2.91. The summed E-state index contributed by atoms with van der Waals surface area (Å²) in [5, 5.41) is 32.5. The monoisotopic (exact) mass is 301 g/mol. The second kappa shape index (κ2) is 7.82. The van der Waals surface area contributed by atoms with Crippen molar-refractivity contribution < 1.29 is 15.3 Å². The summed E-state index contributed by atoms with van der Waals surface area (Å²) in [4.78, 5) is 0. The van der Waals surface area contributed by atoms with Gasteiger partial charge in [0.2, 0.25) is 0 Å². The van der Waals surface area contributed by atoms with Gasteiger partial charge in [-0.3, -0.25) is 0 Å². The van der Waals surface area contributed by atoms with E-state index in [1.54, 1.807) is 13.0 Å². The van der Waals surface area contributed by atoms with Crippen LogP contribution in [-0.4, -0.2) is 28.4 Å². The first-order chi connectivity index (χ1) is 10.6. The third-order valence-electron chi connectivity index (χ3n) is 3.81. The average molecular weight is 301 g/mol. The lowest BCUT2D eigenvalue weighted by Gasteiger charge is -2.16. The van der Waals surface area contributed by atoms with Gasteiger partial charge in [-0.15, -0.1) is 0 Å². The fourth-order valence-electron chi connectivity index (χ4n) is 2.47. The van der Waals surface area contributed by atoms with Crippen LogP contribution in [0.1, 0.15) is 29.2 Å². The van der Waals surface area contributed by atoms with Crippen molar-refractivity contribution in [3.8, 4) is 11.5 Å². The maximum Gasteiger partial charge on any atom is 0.160 e. The summed E-state index contributed by atoms with van der Waals surface area (Å²) in [7, 11) is 0. The van der Waals surface area contributed by atoms with E-state index >= 15 is 0 Å². The highest BCUT2D eigenvalue weighted by atomic mass is 16.3. The van der Waals surface area contributed by atoms with E-state index in [9.17, 15) is 15.3 Å². The highest BCUT2D eigenvalue weighted by Gasteiger charge is 2.14. The number of aryl methyl sites for hydroxylation is 1. The smallest absolute Gasteiger partial charge is 0.160 e.